The molecule has 12 heavy (non-hydrogen) atoms. The molecule has 0 radical (unpaired) electrons. The second-order valence-electron chi connectivity index (χ2n) is 1.83. The van der Waals surface area contributed by atoms with E-state index in [9.17, 15) is 4.79 Å². The minimum absolute atomic E-state index is 0.356. The number of hydrogen-bond acceptors (Lipinski definition) is 5. The van der Waals surface area contributed by atoms with Gasteiger partial charge in [-0.3, -0.25) is 0 Å². The topological polar surface area (TPSA) is 38.7 Å². The standard InChI is InChI=1S/C7H5NO2S2/c1-10-7(9)5-2-3-6(12-5)8-4-11/h2-3H,1H3. The highest BCUT2D eigenvalue weighted by atomic mass is 32.1. The van der Waals surface area contributed by atoms with Gasteiger partial charge in [-0.1, -0.05) is 0 Å². The normalized spacial score (nSPS) is 8.75. The Morgan fingerprint density at radius 1 is 1.75 bits per heavy atom. The van der Waals surface area contributed by atoms with E-state index < -0.39 is 0 Å². The molecule has 0 aliphatic heterocycles. The third kappa shape index (κ3) is 1.98. The summed E-state index contributed by atoms with van der Waals surface area (Å²) in [5.74, 6) is -0.356. The molecule has 0 bridgehead atoms. The number of esters is 1. The van der Waals surface area contributed by atoms with E-state index >= 15 is 0 Å². The lowest BCUT2D eigenvalue weighted by Crippen LogP contribution is -1.96. The van der Waals surface area contributed by atoms with Crippen LogP contribution in [-0.2, 0) is 4.74 Å². The number of carbonyl (C=O) groups excluding carboxylic acids is 1. The second kappa shape index (κ2) is 4.11. The second-order valence-corrected chi connectivity index (χ2v) is 3.08. The van der Waals surface area contributed by atoms with E-state index in [1.165, 1.54) is 18.4 Å². The number of aliphatic imine (C=N–C) groups is 1. The third-order valence-corrected chi connectivity index (χ3v) is 2.18. The number of methoxy groups -OCH3 is 1. The summed E-state index contributed by atoms with van der Waals surface area (Å²) in [6, 6.07) is 3.33. The summed E-state index contributed by atoms with van der Waals surface area (Å²) >= 11 is 5.63. The van der Waals surface area contributed by atoms with Crippen molar-refractivity contribution >= 4 is 39.7 Å². The van der Waals surface area contributed by atoms with E-state index in [2.05, 4.69) is 27.1 Å². The first kappa shape index (κ1) is 9.06. The van der Waals surface area contributed by atoms with Gasteiger partial charge in [0.1, 0.15) is 9.88 Å². The van der Waals surface area contributed by atoms with Gasteiger partial charge in [-0.05, 0) is 24.4 Å². The van der Waals surface area contributed by atoms with E-state index in [1.807, 2.05) is 0 Å². The van der Waals surface area contributed by atoms with Gasteiger partial charge in [-0.25, -0.2) is 4.79 Å². The summed E-state index contributed by atoms with van der Waals surface area (Å²) in [7, 11) is 1.34. The number of nitrogens with zero attached hydrogens (tertiary/aromatic N) is 1. The number of thiophene rings is 1. The van der Waals surface area contributed by atoms with Crippen LogP contribution in [0.1, 0.15) is 9.67 Å². The first-order valence-corrected chi connectivity index (χ1v) is 4.26. The summed E-state index contributed by atoms with van der Waals surface area (Å²) in [6.45, 7) is 0. The maximum Gasteiger partial charge on any atom is 0.348 e. The van der Waals surface area contributed by atoms with E-state index in [1.54, 1.807) is 12.1 Å². The molecule has 3 nitrogen and oxygen atoms in total. The lowest BCUT2D eigenvalue weighted by molar-refractivity contribution is 0.0606. The third-order valence-electron chi connectivity index (χ3n) is 1.13. The van der Waals surface area contributed by atoms with Gasteiger partial charge in [0.05, 0.1) is 12.3 Å². The predicted octanol–water partition coefficient (Wildman–Crippen LogP) is 2.27. The zero-order chi connectivity index (χ0) is 8.97. The molecule has 0 aliphatic rings. The fourth-order valence-electron chi connectivity index (χ4n) is 0.643. The molecule has 0 amide bonds. The molecule has 1 aromatic heterocycles. The van der Waals surface area contributed by atoms with Crippen molar-refractivity contribution < 1.29 is 9.53 Å². The smallest absolute Gasteiger partial charge is 0.348 e. The van der Waals surface area contributed by atoms with Crippen LogP contribution in [0.5, 0.6) is 0 Å². The molecular weight excluding hydrogens is 194 g/mol. The minimum atomic E-state index is -0.356. The average Bonchev–Trinajstić information content (AvgIpc) is 2.52. The van der Waals surface area contributed by atoms with Gasteiger partial charge in [-0.15, -0.1) is 11.3 Å². The Labute approximate surface area is 78.7 Å². The van der Waals surface area contributed by atoms with Crippen LogP contribution in [0.2, 0.25) is 0 Å². The zero-order valence-corrected chi connectivity index (χ0v) is 7.87. The van der Waals surface area contributed by atoms with Gasteiger partial charge in [0.2, 0.25) is 0 Å². The fraction of sp³-hybridized carbons (Fsp3) is 0.143. The zero-order valence-electron chi connectivity index (χ0n) is 6.23. The fourth-order valence-corrected chi connectivity index (χ4v) is 1.55. The van der Waals surface area contributed by atoms with Crippen molar-refractivity contribution in [3.05, 3.63) is 17.0 Å². The molecule has 1 aromatic rings. The molecule has 0 fully saturated rings. The van der Waals surface area contributed by atoms with Crippen molar-refractivity contribution in [2.24, 2.45) is 4.99 Å². The molecule has 0 saturated carbocycles. The predicted molar refractivity (Wildman–Crippen MR) is 50.3 cm³/mol. The Hall–Kier alpha value is -1.03. The Kier molecular flexibility index (Phi) is 3.10. The number of isothiocyanates is 1. The summed E-state index contributed by atoms with van der Waals surface area (Å²) in [5.41, 5.74) is 0. The quantitative estimate of drug-likeness (QED) is 0.416. The Bertz CT molecular complexity index is 339. The molecule has 0 unspecified atom stereocenters. The SMILES string of the molecule is COC(=O)c1ccc(N=C=S)s1. The van der Waals surface area contributed by atoms with Crippen LogP contribution in [0.25, 0.3) is 0 Å². The van der Waals surface area contributed by atoms with Crippen LogP contribution < -0.4 is 0 Å². The van der Waals surface area contributed by atoms with Crippen LogP contribution >= 0.6 is 23.6 Å². The Morgan fingerprint density at radius 3 is 3.08 bits per heavy atom. The molecule has 62 valence electrons. The molecular formula is C7H5NO2S2. The molecule has 0 saturated heterocycles. The number of carbonyl (C=O) groups is 1. The van der Waals surface area contributed by atoms with E-state index in [-0.39, 0.29) is 5.97 Å². The number of hydrogen-bond donors (Lipinski definition) is 0. The van der Waals surface area contributed by atoms with Gasteiger partial charge in [0, 0.05) is 0 Å². The van der Waals surface area contributed by atoms with Crippen molar-refractivity contribution in [1.29, 1.82) is 0 Å². The monoisotopic (exact) mass is 199 g/mol. The van der Waals surface area contributed by atoms with E-state index in [4.69, 9.17) is 0 Å². The van der Waals surface area contributed by atoms with Crippen LogP contribution in [0.4, 0.5) is 5.00 Å². The Morgan fingerprint density at radius 2 is 2.50 bits per heavy atom. The highest BCUT2D eigenvalue weighted by molar-refractivity contribution is 7.78. The van der Waals surface area contributed by atoms with Crippen molar-refractivity contribution in [2.45, 2.75) is 0 Å². The molecule has 5 heteroatoms. The molecule has 0 aliphatic carbocycles. The summed E-state index contributed by atoms with van der Waals surface area (Å²) in [6.07, 6.45) is 0. The molecule has 0 aromatic carbocycles. The molecule has 0 spiro atoms. The number of thiocarbonyl (C=S) groups is 1. The highest BCUT2D eigenvalue weighted by Crippen LogP contribution is 2.24. The maximum atomic E-state index is 10.9. The first-order chi connectivity index (χ1) is 5.77. The van der Waals surface area contributed by atoms with Crippen LogP contribution in [0.15, 0.2) is 17.1 Å². The van der Waals surface area contributed by atoms with Gasteiger partial charge >= 0.3 is 5.97 Å². The minimum Gasteiger partial charge on any atom is -0.465 e. The van der Waals surface area contributed by atoms with Crippen molar-refractivity contribution in [1.82, 2.24) is 0 Å². The molecule has 1 rings (SSSR count). The number of rotatable bonds is 2. The average molecular weight is 199 g/mol. The van der Waals surface area contributed by atoms with Crippen LogP contribution in [0.3, 0.4) is 0 Å². The largest absolute Gasteiger partial charge is 0.465 e. The molecule has 0 N–H and O–H groups in total. The van der Waals surface area contributed by atoms with Crippen molar-refractivity contribution in [2.75, 3.05) is 7.11 Å². The number of ether oxygens (including phenoxy) is 1. The van der Waals surface area contributed by atoms with Crippen molar-refractivity contribution in [3.63, 3.8) is 0 Å². The van der Waals surface area contributed by atoms with Gasteiger partial charge in [0.25, 0.3) is 0 Å². The molecule has 0 atom stereocenters. The lowest BCUT2D eigenvalue weighted by atomic mass is 10.5. The first-order valence-electron chi connectivity index (χ1n) is 3.04. The van der Waals surface area contributed by atoms with Gasteiger partial charge in [0.15, 0.2) is 0 Å². The van der Waals surface area contributed by atoms with Gasteiger partial charge < -0.3 is 4.74 Å². The summed E-state index contributed by atoms with van der Waals surface area (Å²) in [5, 5.41) is 2.88. The Balaban J connectivity index is 2.91. The van der Waals surface area contributed by atoms with E-state index in [0.717, 1.165) is 0 Å². The van der Waals surface area contributed by atoms with E-state index in [0.29, 0.717) is 9.88 Å². The molecule has 1 heterocycles. The lowest BCUT2D eigenvalue weighted by Gasteiger charge is -1.90. The van der Waals surface area contributed by atoms with Crippen LogP contribution in [-0.4, -0.2) is 18.2 Å². The summed E-state index contributed by atoms with van der Waals surface area (Å²) in [4.78, 5) is 15.2. The van der Waals surface area contributed by atoms with Crippen LogP contribution in [0, 0.1) is 0 Å². The summed E-state index contributed by atoms with van der Waals surface area (Å²) < 4.78 is 4.51. The van der Waals surface area contributed by atoms with Gasteiger partial charge in [-0.2, -0.15) is 4.99 Å². The maximum absolute atomic E-state index is 10.9. The highest BCUT2D eigenvalue weighted by Gasteiger charge is 2.07. The van der Waals surface area contributed by atoms with Crippen molar-refractivity contribution in [3.8, 4) is 0 Å².